The van der Waals surface area contributed by atoms with Gasteiger partial charge in [0.05, 0.1) is 12.1 Å². The van der Waals surface area contributed by atoms with Gasteiger partial charge >= 0.3 is 0 Å². The summed E-state index contributed by atoms with van der Waals surface area (Å²) in [4.78, 5) is 11.7. The van der Waals surface area contributed by atoms with Gasteiger partial charge in [-0.05, 0) is 18.8 Å². The molecule has 3 rings (SSSR count). The van der Waals surface area contributed by atoms with E-state index >= 15 is 0 Å². The molecule has 15 heavy (non-hydrogen) atoms. The molecule has 1 heterocycles. The minimum absolute atomic E-state index is 0.0674. The van der Waals surface area contributed by atoms with Gasteiger partial charge in [0.1, 0.15) is 0 Å². The fourth-order valence-corrected chi connectivity index (χ4v) is 2.89. The molecule has 6 atom stereocenters. The third kappa shape index (κ3) is 1.39. The van der Waals surface area contributed by atoms with Crippen molar-refractivity contribution in [2.75, 3.05) is 6.61 Å². The van der Waals surface area contributed by atoms with Crippen LogP contribution in [-0.2, 0) is 9.53 Å². The Hall–Kier alpha value is -0.610. The maximum Gasteiger partial charge on any atom is 0.223 e. The third-order valence-electron chi connectivity index (χ3n) is 4.20. The van der Waals surface area contributed by atoms with E-state index in [2.05, 4.69) is 12.2 Å². The number of amides is 1. The minimum Gasteiger partial charge on any atom is -0.376 e. The Bertz CT molecular complexity index is 294. The first-order valence-electron chi connectivity index (χ1n) is 5.86. The van der Waals surface area contributed by atoms with Gasteiger partial charge in [0.25, 0.3) is 0 Å². The van der Waals surface area contributed by atoms with Crippen LogP contribution in [0.5, 0.6) is 0 Å². The molecule has 0 aromatic carbocycles. The number of nitrogens with one attached hydrogen (secondary N) is 1. The van der Waals surface area contributed by atoms with Crippen molar-refractivity contribution < 1.29 is 9.53 Å². The lowest BCUT2D eigenvalue weighted by Crippen LogP contribution is -2.69. The van der Waals surface area contributed by atoms with E-state index in [9.17, 15) is 4.79 Å². The number of hydrogen-bond acceptors (Lipinski definition) is 3. The van der Waals surface area contributed by atoms with Gasteiger partial charge in [0, 0.05) is 24.5 Å². The predicted molar refractivity (Wildman–Crippen MR) is 55.0 cm³/mol. The summed E-state index contributed by atoms with van der Waals surface area (Å²) in [6.07, 6.45) is 2.28. The number of carbonyl (C=O) groups is 1. The molecule has 4 nitrogen and oxygen atoms in total. The highest BCUT2D eigenvalue weighted by atomic mass is 16.5. The lowest BCUT2D eigenvalue weighted by molar-refractivity contribution is -0.127. The number of fused-ring (bicyclic) bond motifs is 1. The van der Waals surface area contributed by atoms with E-state index in [1.807, 2.05) is 0 Å². The van der Waals surface area contributed by atoms with Gasteiger partial charge in [-0.1, -0.05) is 6.92 Å². The van der Waals surface area contributed by atoms with E-state index in [1.54, 1.807) is 0 Å². The van der Waals surface area contributed by atoms with Gasteiger partial charge in [0.15, 0.2) is 0 Å². The van der Waals surface area contributed by atoms with Crippen LogP contribution in [-0.4, -0.2) is 30.7 Å². The number of hydrogen-bond donors (Lipinski definition) is 2. The summed E-state index contributed by atoms with van der Waals surface area (Å²) in [6.45, 7) is 2.91. The number of rotatable bonds is 2. The molecule has 84 valence electrons. The SMILES string of the molecule is CC1CC1C(=O)NC1C(N)C2CCOC21. The summed E-state index contributed by atoms with van der Waals surface area (Å²) in [5.41, 5.74) is 6.02. The highest BCUT2D eigenvalue weighted by Gasteiger charge is 2.53. The van der Waals surface area contributed by atoms with Crippen molar-refractivity contribution in [3.05, 3.63) is 0 Å². The normalized spacial score (nSPS) is 51.9. The predicted octanol–water partition coefficient (Wildman–Crippen LogP) is -0.127. The van der Waals surface area contributed by atoms with Gasteiger partial charge < -0.3 is 15.8 Å². The molecule has 6 unspecified atom stereocenters. The average molecular weight is 210 g/mol. The van der Waals surface area contributed by atoms with Gasteiger partial charge in [-0.25, -0.2) is 0 Å². The van der Waals surface area contributed by atoms with Crippen LogP contribution in [0, 0.1) is 17.8 Å². The molecule has 0 bridgehead atoms. The van der Waals surface area contributed by atoms with E-state index in [1.165, 1.54) is 0 Å². The van der Waals surface area contributed by atoms with E-state index in [4.69, 9.17) is 10.5 Å². The maximum atomic E-state index is 11.7. The van der Waals surface area contributed by atoms with Crippen LogP contribution >= 0.6 is 0 Å². The second-order valence-electron chi connectivity index (χ2n) is 5.22. The van der Waals surface area contributed by atoms with E-state index in [0.717, 1.165) is 19.4 Å². The first kappa shape index (κ1) is 9.60. The van der Waals surface area contributed by atoms with Crippen molar-refractivity contribution in [2.45, 2.75) is 38.0 Å². The molecule has 3 fully saturated rings. The molecule has 0 spiro atoms. The molecule has 0 aromatic rings. The van der Waals surface area contributed by atoms with Crippen LogP contribution in [0.15, 0.2) is 0 Å². The molecule has 2 saturated carbocycles. The maximum absolute atomic E-state index is 11.7. The standard InChI is InChI=1S/C11H18N2O2/c1-5-4-7(5)11(14)13-9-8(12)6-2-3-15-10(6)9/h5-10H,2-4,12H2,1H3,(H,13,14). The largest absolute Gasteiger partial charge is 0.376 e. The summed E-state index contributed by atoms with van der Waals surface area (Å²) in [5, 5.41) is 3.04. The molecule has 1 saturated heterocycles. The fourth-order valence-electron chi connectivity index (χ4n) is 2.89. The monoisotopic (exact) mass is 210 g/mol. The molecule has 2 aliphatic carbocycles. The Kier molecular flexibility index (Phi) is 2.04. The summed E-state index contributed by atoms with van der Waals surface area (Å²) in [5.74, 6) is 1.45. The second kappa shape index (κ2) is 3.19. The molecule has 1 amide bonds. The molecule has 0 aromatic heterocycles. The summed E-state index contributed by atoms with van der Waals surface area (Å²) < 4.78 is 5.57. The van der Waals surface area contributed by atoms with Crippen molar-refractivity contribution >= 4 is 5.91 Å². The van der Waals surface area contributed by atoms with Crippen LogP contribution in [0.2, 0.25) is 0 Å². The van der Waals surface area contributed by atoms with Gasteiger partial charge in [-0.15, -0.1) is 0 Å². The van der Waals surface area contributed by atoms with Crippen LogP contribution in [0.4, 0.5) is 0 Å². The topological polar surface area (TPSA) is 64.4 Å². The summed E-state index contributed by atoms with van der Waals surface area (Å²) >= 11 is 0. The zero-order valence-corrected chi connectivity index (χ0v) is 8.98. The van der Waals surface area contributed by atoms with Crippen LogP contribution in [0.1, 0.15) is 19.8 Å². The Morgan fingerprint density at radius 1 is 1.53 bits per heavy atom. The number of carbonyl (C=O) groups excluding carboxylic acids is 1. The second-order valence-corrected chi connectivity index (χ2v) is 5.22. The molecule has 3 aliphatic rings. The molecular formula is C11H18N2O2. The lowest BCUT2D eigenvalue weighted by atomic mass is 9.72. The Morgan fingerprint density at radius 3 is 2.93 bits per heavy atom. The minimum atomic E-state index is 0.0674. The van der Waals surface area contributed by atoms with Crippen LogP contribution < -0.4 is 11.1 Å². The van der Waals surface area contributed by atoms with Crippen LogP contribution in [0.3, 0.4) is 0 Å². The average Bonchev–Trinajstić information content (AvgIpc) is 2.81. The quantitative estimate of drug-likeness (QED) is 0.667. The van der Waals surface area contributed by atoms with Gasteiger partial charge in [-0.2, -0.15) is 0 Å². The van der Waals surface area contributed by atoms with E-state index in [0.29, 0.717) is 11.8 Å². The first-order chi connectivity index (χ1) is 7.18. The number of nitrogens with two attached hydrogens (primary N) is 1. The van der Waals surface area contributed by atoms with Gasteiger partial charge in [0.2, 0.25) is 5.91 Å². The zero-order valence-electron chi connectivity index (χ0n) is 8.98. The number of ether oxygens (including phenoxy) is 1. The summed E-state index contributed by atoms with van der Waals surface area (Å²) in [6, 6.07) is 0.174. The first-order valence-corrected chi connectivity index (χ1v) is 5.86. The molecule has 4 heteroatoms. The van der Waals surface area contributed by atoms with Gasteiger partial charge in [-0.3, -0.25) is 4.79 Å². The molecule has 3 N–H and O–H groups in total. The van der Waals surface area contributed by atoms with Crippen molar-refractivity contribution in [3.63, 3.8) is 0 Å². The fraction of sp³-hybridized carbons (Fsp3) is 0.909. The zero-order chi connectivity index (χ0) is 10.6. The Labute approximate surface area is 89.5 Å². The lowest BCUT2D eigenvalue weighted by Gasteiger charge is -2.45. The highest BCUT2D eigenvalue weighted by Crippen LogP contribution is 2.41. The molecular weight excluding hydrogens is 192 g/mol. The van der Waals surface area contributed by atoms with E-state index in [-0.39, 0.29) is 30.0 Å². The molecule has 0 radical (unpaired) electrons. The van der Waals surface area contributed by atoms with Crippen molar-refractivity contribution in [1.82, 2.24) is 5.32 Å². The van der Waals surface area contributed by atoms with E-state index < -0.39 is 0 Å². The van der Waals surface area contributed by atoms with Crippen molar-refractivity contribution in [1.29, 1.82) is 0 Å². The Balaban J connectivity index is 1.57. The van der Waals surface area contributed by atoms with Crippen molar-refractivity contribution in [3.8, 4) is 0 Å². The molecule has 1 aliphatic heterocycles. The smallest absolute Gasteiger partial charge is 0.223 e. The summed E-state index contributed by atoms with van der Waals surface area (Å²) in [7, 11) is 0. The van der Waals surface area contributed by atoms with Crippen molar-refractivity contribution in [2.24, 2.45) is 23.5 Å². The highest BCUT2D eigenvalue weighted by molar-refractivity contribution is 5.82. The third-order valence-corrected chi connectivity index (χ3v) is 4.20. The van der Waals surface area contributed by atoms with Crippen LogP contribution in [0.25, 0.3) is 0 Å². The Morgan fingerprint density at radius 2 is 2.27 bits per heavy atom.